The van der Waals surface area contributed by atoms with Crippen molar-refractivity contribution in [3.8, 4) is 0 Å². The van der Waals surface area contributed by atoms with Gasteiger partial charge in [-0.05, 0) is 43.3 Å². The van der Waals surface area contributed by atoms with E-state index in [9.17, 15) is 0 Å². The Hall–Kier alpha value is -2.39. The second-order valence-corrected chi connectivity index (χ2v) is 5.13. The number of aryl methyl sites for hydroxylation is 1. The van der Waals surface area contributed by atoms with Gasteiger partial charge in [-0.3, -0.25) is 0 Å². The highest BCUT2D eigenvalue weighted by Crippen LogP contribution is 2.19. The zero-order valence-corrected chi connectivity index (χ0v) is 12.3. The molecule has 21 heavy (non-hydrogen) atoms. The van der Waals surface area contributed by atoms with Crippen LogP contribution in [0.15, 0.2) is 46.9 Å². The first-order valence-electron chi connectivity index (χ1n) is 7.03. The molecule has 3 rings (SSSR count). The third-order valence-electron chi connectivity index (χ3n) is 3.35. The lowest BCUT2D eigenvalue weighted by Crippen LogP contribution is -2.04. The van der Waals surface area contributed by atoms with Gasteiger partial charge in [0.1, 0.15) is 5.52 Å². The molecule has 3 heteroatoms. The van der Waals surface area contributed by atoms with E-state index in [4.69, 9.17) is 4.42 Å². The van der Waals surface area contributed by atoms with Crippen molar-refractivity contribution in [1.29, 1.82) is 0 Å². The van der Waals surface area contributed by atoms with E-state index >= 15 is 0 Å². The number of rotatable bonds is 4. The van der Waals surface area contributed by atoms with Crippen LogP contribution in [0.3, 0.4) is 0 Å². The quantitative estimate of drug-likeness (QED) is 0.783. The molecule has 1 aromatic heterocycles. The summed E-state index contributed by atoms with van der Waals surface area (Å²) in [6.45, 7) is 2.90. The first-order valence-corrected chi connectivity index (χ1v) is 7.03. The van der Waals surface area contributed by atoms with E-state index in [2.05, 4.69) is 47.6 Å². The van der Waals surface area contributed by atoms with Crippen molar-refractivity contribution in [3.05, 3.63) is 65.0 Å². The maximum absolute atomic E-state index is 5.77. The second-order valence-electron chi connectivity index (χ2n) is 5.13. The molecular weight excluding hydrogens is 260 g/mol. The van der Waals surface area contributed by atoms with Gasteiger partial charge in [-0.25, -0.2) is 4.98 Å². The first kappa shape index (κ1) is 13.6. The molecule has 0 aliphatic rings. The molecule has 0 amide bonds. The standard InChI is InChI=1S/C18H18N2O/c1-13-3-5-14(6-4-13)8-10-18-20-16-9-7-15(12-19-2)11-17(16)21-18/h3-11,19H,12H2,1-2H3/b10-8+. The van der Waals surface area contributed by atoms with Gasteiger partial charge in [0, 0.05) is 12.6 Å². The Bertz CT molecular complexity index is 770. The van der Waals surface area contributed by atoms with Crippen LogP contribution >= 0.6 is 0 Å². The van der Waals surface area contributed by atoms with Crippen molar-refractivity contribution >= 4 is 23.3 Å². The van der Waals surface area contributed by atoms with E-state index in [-0.39, 0.29) is 0 Å². The van der Waals surface area contributed by atoms with Gasteiger partial charge < -0.3 is 9.73 Å². The van der Waals surface area contributed by atoms with Crippen LogP contribution in [0.4, 0.5) is 0 Å². The van der Waals surface area contributed by atoms with Crippen LogP contribution in [-0.4, -0.2) is 12.0 Å². The molecule has 106 valence electrons. The van der Waals surface area contributed by atoms with Gasteiger partial charge >= 0.3 is 0 Å². The molecular formula is C18H18N2O. The predicted octanol–water partition coefficient (Wildman–Crippen LogP) is 4.03. The van der Waals surface area contributed by atoms with Crippen molar-refractivity contribution in [1.82, 2.24) is 10.3 Å². The summed E-state index contributed by atoms with van der Waals surface area (Å²) in [7, 11) is 1.93. The second kappa shape index (κ2) is 5.94. The average Bonchev–Trinajstić information content (AvgIpc) is 2.89. The fourth-order valence-corrected chi connectivity index (χ4v) is 2.22. The summed E-state index contributed by atoms with van der Waals surface area (Å²) in [6.07, 6.45) is 3.92. The van der Waals surface area contributed by atoms with E-state index in [1.807, 2.05) is 31.3 Å². The largest absolute Gasteiger partial charge is 0.437 e. The van der Waals surface area contributed by atoms with Crippen molar-refractivity contribution in [2.45, 2.75) is 13.5 Å². The van der Waals surface area contributed by atoms with Crippen molar-refractivity contribution < 1.29 is 4.42 Å². The molecule has 0 fully saturated rings. The van der Waals surface area contributed by atoms with Crippen LogP contribution in [0.5, 0.6) is 0 Å². The van der Waals surface area contributed by atoms with Gasteiger partial charge in [0.2, 0.25) is 5.89 Å². The molecule has 3 aromatic rings. The Morgan fingerprint density at radius 3 is 2.67 bits per heavy atom. The molecule has 0 aliphatic heterocycles. The van der Waals surface area contributed by atoms with Gasteiger partial charge in [0.05, 0.1) is 0 Å². The monoisotopic (exact) mass is 278 g/mol. The van der Waals surface area contributed by atoms with Crippen LogP contribution < -0.4 is 5.32 Å². The number of oxazole rings is 1. The maximum atomic E-state index is 5.77. The van der Waals surface area contributed by atoms with E-state index in [0.29, 0.717) is 5.89 Å². The summed E-state index contributed by atoms with van der Waals surface area (Å²) < 4.78 is 5.77. The third kappa shape index (κ3) is 3.20. The lowest BCUT2D eigenvalue weighted by molar-refractivity contribution is 0.589. The minimum absolute atomic E-state index is 0.632. The highest BCUT2D eigenvalue weighted by Gasteiger charge is 2.04. The lowest BCUT2D eigenvalue weighted by Gasteiger charge is -1.97. The number of aromatic nitrogens is 1. The molecule has 3 nitrogen and oxygen atoms in total. The molecule has 0 saturated heterocycles. The molecule has 0 aliphatic carbocycles. The maximum Gasteiger partial charge on any atom is 0.220 e. The Morgan fingerprint density at radius 1 is 1.10 bits per heavy atom. The minimum atomic E-state index is 0.632. The molecule has 0 saturated carbocycles. The zero-order valence-electron chi connectivity index (χ0n) is 12.3. The highest BCUT2D eigenvalue weighted by molar-refractivity contribution is 5.76. The molecule has 0 atom stereocenters. The summed E-state index contributed by atoms with van der Waals surface area (Å²) in [5.41, 5.74) is 5.30. The summed E-state index contributed by atoms with van der Waals surface area (Å²) in [5.74, 6) is 0.632. The number of benzene rings is 2. The molecule has 0 radical (unpaired) electrons. The number of hydrogen-bond acceptors (Lipinski definition) is 3. The van der Waals surface area contributed by atoms with Gasteiger partial charge in [0.25, 0.3) is 0 Å². The average molecular weight is 278 g/mol. The Kier molecular flexibility index (Phi) is 3.84. The minimum Gasteiger partial charge on any atom is -0.437 e. The Labute approximate surface area is 124 Å². The molecule has 0 bridgehead atoms. The lowest BCUT2D eigenvalue weighted by atomic mass is 10.1. The fraction of sp³-hybridized carbons (Fsp3) is 0.167. The summed E-state index contributed by atoms with van der Waals surface area (Å²) in [5, 5.41) is 3.13. The first-order chi connectivity index (χ1) is 10.2. The van der Waals surface area contributed by atoms with Gasteiger partial charge in [-0.15, -0.1) is 0 Å². The van der Waals surface area contributed by atoms with Gasteiger partial charge in [-0.2, -0.15) is 0 Å². The summed E-state index contributed by atoms with van der Waals surface area (Å²) >= 11 is 0. The van der Waals surface area contributed by atoms with Crippen LogP contribution in [0.25, 0.3) is 23.3 Å². The van der Waals surface area contributed by atoms with Crippen molar-refractivity contribution in [2.75, 3.05) is 7.05 Å². The molecule has 2 aromatic carbocycles. The van der Waals surface area contributed by atoms with Crippen LogP contribution in [0, 0.1) is 6.92 Å². The van der Waals surface area contributed by atoms with Crippen LogP contribution in [0.2, 0.25) is 0 Å². The van der Waals surface area contributed by atoms with E-state index in [1.165, 1.54) is 11.1 Å². The van der Waals surface area contributed by atoms with Gasteiger partial charge in [0.15, 0.2) is 5.58 Å². The normalized spacial score (nSPS) is 11.5. The molecule has 1 N–H and O–H groups in total. The fourth-order valence-electron chi connectivity index (χ4n) is 2.22. The van der Waals surface area contributed by atoms with E-state index in [1.54, 1.807) is 0 Å². The zero-order chi connectivity index (χ0) is 14.7. The van der Waals surface area contributed by atoms with Crippen LogP contribution in [0.1, 0.15) is 22.6 Å². The topological polar surface area (TPSA) is 38.1 Å². The van der Waals surface area contributed by atoms with Crippen molar-refractivity contribution in [3.63, 3.8) is 0 Å². The number of nitrogens with zero attached hydrogens (tertiary/aromatic N) is 1. The van der Waals surface area contributed by atoms with Crippen molar-refractivity contribution in [2.24, 2.45) is 0 Å². The van der Waals surface area contributed by atoms with E-state index < -0.39 is 0 Å². The SMILES string of the molecule is CNCc1ccc2nc(/C=C/c3ccc(C)cc3)oc2c1. The van der Waals surface area contributed by atoms with Gasteiger partial charge in [-0.1, -0.05) is 35.9 Å². The number of nitrogens with one attached hydrogen (secondary N) is 1. The smallest absolute Gasteiger partial charge is 0.220 e. The predicted molar refractivity (Wildman–Crippen MR) is 86.9 cm³/mol. The molecule has 0 spiro atoms. The number of hydrogen-bond donors (Lipinski definition) is 1. The number of fused-ring (bicyclic) bond motifs is 1. The third-order valence-corrected chi connectivity index (χ3v) is 3.35. The summed E-state index contributed by atoms with van der Waals surface area (Å²) in [4.78, 5) is 4.47. The van der Waals surface area contributed by atoms with Crippen LogP contribution in [-0.2, 0) is 6.54 Å². The molecule has 1 heterocycles. The summed E-state index contributed by atoms with van der Waals surface area (Å²) in [6, 6.07) is 14.4. The molecule has 0 unspecified atom stereocenters. The Balaban J connectivity index is 1.85. The Morgan fingerprint density at radius 2 is 1.90 bits per heavy atom. The van der Waals surface area contributed by atoms with E-state index in [0.717, 1.165) is 23.2 Å². The highest BCUT2D eigenvalue weighted by atomic mass is 16.3.